The van der Waals surface area contributed by atoms with Gasteiger partial charge < -0.3 is 9.84 Å². The second-order valence-electron chi connectivity index (χ2n) is 6.63. The van der Waals surface area contributed by atoms with Crippen LogP contribution in [0.25, 0.3) is 22.6 Å². The van der Waals surface area contributed by atoms with Crippen LogP contribution in [-0.4, -0.2) is 36.0 Å². The molecule has 0 radical (unpaired) electrons. The molecule has 4 rings (SSSR count). The number of hydrogen-bond donors (Lipinski definition) is 2. The summed E-state index contributed by atoms with van der Waals surface area (Å²) in [4.78, 5) is 16.5. The average molecular weight is 430 g/mol. The van der Waals surface area contributed by atoms with Gasteiger partial charge in [0.2, 0.25) is 11.7 Å². The third-order valence-electron chi connectivity index (χ3n) is 4.64. The number of carbonyl (C=O) groups excluding carboxylic acids is 1. The van der Waals surface area contributed by atoms with Crippen LogP contribution >= 0.6 is 11.6 Å². The topological polar surface area (TPSA) is 115 Å². The van der Waals surface area contributed by atoms with Gasteiger partial charge >= 0.3 is 0 Å². The summed E-state index contributed by atoms with van der Waals surface area (Å²) in [6.07, 6.45) is 0. The maximum atomic E-state index is 14.0. The molecule has 0 saturated heterocycles. The summed E-state index contributed by atoms with van der Waals surface area (Å²) in [6, 6.07) is 5.90. The zero-order chi connectivity index (χ0) is 21.4. The van der Waals surface area contributed by atoms with Crippen LogP contribution in [0.4, 0.5) is 4.39 Å². The Morgan fingerprint density at radius 2 is 2.13 bits per heavy atom. The lowest BCUT2D eigenvalue weighted by Crippen LogP contribution is -2.23. The van der Waals surface area contributed by atoms with E-state index in [1.807, 2.05) is 20.9 Å². The maximum Gasteiger partial charge on any atom is 0.269 e. The standard InChI is InChI=1S/C19H17ClFN7O2/c1-9-16(10(2)28(3)26-9)13-7-14(25-24-13)19(29)22-8-15-23-18(27-30-15)17-11(20)5-4-6-12(17)21/h4-7H,8H2,1-3H3,(H,22,29)(H,24,25). The van der Waals surface area contributed by atoms with Gasteiger partial charge in [0, 0.05) is 18.3 Å². The first-order valence-corrected chi connectivity index (χ1v) is 9.34. The van der Waals surface area contributed by atoms with Crippen molar-refractivity contribution in [2.45, 2.75) is 20.4 Å². The van der Waals surface area contributed by atoms with Crippen molar-refractivity contribution in [1.29, 1.82) is 0 Å². The van der Waals surface area contributed by atoms with Crippen molar-refractivity contribution in [2.24, 2.45) is 7.05 Å². The van der Waals surface area contributed by atoms with Crippen LogP contribution in [0.3, 0.4) is 0 Å². The van der Waals surface area contributed by atoms with Crippen LogP contribution in [0.2, 0.25) is 5.02 Å². The Morgan fingerprint density at radius 1 is 1.33 bits per heavy atom. The molecule has 0 saturated carbocycles. The van der Waals surface area contributed by atoms with Gasteiger partial charge in [-0.1, -0.05) is 22.8 Å². The Morgan fingerprint density at radius 3 is 2.83 bits per heavy atom. The maximum absolute atomic E-state index is 14.0. The quantitative estimate of drug-likeness (QED) is 0.503. The number of halogens is 2. The Bertz CT molecular complexity index is 1220. The molecule has 0 aliphatic rings. The number of H-pyrrole nitrogens is 1. The van der Waals surface area contributed by atoms with E-state index in [-0.39, 0.29) is 34.5 Å². The number of hydrogen-bond acceptors (Lipinski definition) is 6. The van der Waals surface area contributed by atoms with Crippen LogP contribution in [0.5, 0.6) is 0 Å². The largest absolute Gasteiger partial charge is 0.342 e. The third-order valence-corrected chi connectivity index (χ3v) is 4.96. The molecule has 30 heavy (non-hydrogen) atoms. The zero-order valence-corrected chi connectivity index (χ0v) is 17.1. The number of nitrogens with zero attached hydrogens (tertiary/aromatic N) is 5. The van der Waals surface area contributed by atoms with Gasteiger partial charge in [0.25, 0.3) is 5.91 Å². The van der Waals surface area contributed by atoms with Gasteiger partial charge in [-0.25, -0.2) is 4.39 Å². The minimum atomic E-state index is -0.565. The lowest BCUT2D eigenvalue weighted by atomic mass is 10.1. The number of rotatable bonds is 5. The number of aromatic amines is 1. The number of carbonyl (C=O) groups is 1. The summed E-state index contributed by atoms with van der Waals surface area (Å²) in [6.45, 7) is 3.77. The smallest absolute Gasteiger partial charge is 0.269 e. The molecule has 0 unspecified atom stereocenters. The molecule has 0 bridgehead atoms. The van der Waals surface area contributed by atoms with Gasteiger partial charge in [-0.3, -0.25) is 14.6 Å². The number of aromatic nitrogens is 6. The molecule has 1 amide bonds. The van der Waals surface area contributed by atoms with Crippen molar-refractivity contribution >= 4 is 17.5 Å². The molecule has 0 aliphatic carbocycles. The first-order chi connectivity index (χ1) is 14.3. The van der Waals surface area contributed by atoms with Gasteiger partial charge in [-0.05, 0) is 32.0 Å². The van der Waals surface area contributed by atoms with Crippen molar-refractivity contribution in [2.75, 3.05) is 0 Å². The first-order valence-electron chi connectivity index (χ1n) is 8.96. The molecule has 2 N–H and O–H groups in total. The number of amides is 1. The second kappa shape index (κ2) is 7.71. The molecule has 154 valence electrons. The van der Waals surface area contributed by atoms with E-state index in [0.29, 0.717) is 5.69 Å². The Kier molecular flexibility index (Phi) is 5.08. The second-order valence-corrected chi connectivity index (χ2v) is 7.03. The minimum Gasteiger partial charge on any atom is -0.342 e. The summed E-state index contributed by atoms with van der Waals surface area (Å²) >= 11 is 6.01. The Balaban J connectivity index is 1.46. The fraction of sp³-hybridized carbons (Fsp3) is 0.211. The van der Waals surface area contributed by atoms with Crippen molar-refractivity contribution in [1.82, 2.24) is 35.4 Å². The van der Waals surface area contributed by atoms with Gasteiger partial charge in [-0.15, -0.1) is 0 Å². The molecular weight excluding hydrogens is 413 g/mol. The highest BCUT2D eigenvalue weighted by Gasteiger charge is 2.19. The molecule has 0 atom stereocenters. The van der Waals surface area contributed by atoms with E-state index in [2.05, 4.69) is 30.8 Å². The molecule has 11 heteroatoms. The number of nitrogens with one attached hydrogen (secondary N) is 2. The predicted molar refractivity (Wildman–Crippen MR) is 106 cm³/mol. The van der Waals surface area contributed by atoms with E-state index in [4.69, 9.17) is 16.1 Å². The normalized spacial score (nSPS) is 11.1. The molecule has 3 heterocycles. The van der Waals surface area contributed by atoms with Gasteiger partial charge in [-0.2, -0.15) is 15.2 Å². The SMILES string of the molecule is Cc1nn(C)c(C)c1-c1cc(C(=O)NCc2nc(-c3c(F)cccc3Cl)no2)[nH]n1. The molecular formula is C19H17ClFN7O2. The number of benzene rings is 1. The summed E-state index contributed by atoms with van der Waals surface area (Å²) in [5.41, 5.74) is 3.56. The highest BCUT2D eigenvalue weighted by molar-refractivity contribution is 6.33. The Hall–Kier alpha value is -3.53. The third kappa shape index (κ3) is 3.57. The lowest BCUT2D eigenvalue weighted by molar-refractivity contribution is 0.0941. The van der Waals surface area contributed by atoms with E-state index in [9.17, 15) is 9.18 Å². The fourth-order valence-corrected chi connectivity index (χ4v) is 3.35. The van der Waals surface area contributed by atoms with Gasteiger partial charge in [0.05, 0.1) is 28.5 Å². The first kappa shape index (κ1) is 19.8. The van der Waals surface area contributed by atoms with Crippen LogP contribution < -0.4 is 5.32 Å². The Labute approximate surface area is 175 Å². The zero-order valence-electron chi connectivity index (χ0n) is 16.3. The average Bonchev–Trinajstić information content (AvgIpc) is 3.41. The van der Waals surface area contributed by atoms with E-state index in [1.165, 1.54) is 18.2 Å². The van der Waals surface area contributed by atoms with Crippen LogP contribution in [-0.2, 0) is 13.6 Å². The van der Waals surface area contributed by atoms with Gasteiger partial charge in [0.1, 0.15) is 11.5 Å². The van der Waals surface area contributed by atoms with Gasteiger partial charge in [0.15, 0.2) is 0 Å². The highest BCUT2D eigenvalue weighted by Crippen LogP contribution is 2.28. The minimum absolute atomic E-state index is 0.00806. The molecule has 9 nitrogen and oxygen atoms in total. The predicted octanol–water partition coefficient (Wildman–Crippen LogP) is 3.20. The summed E-state index contributed by atoms with van der Waals surface area (Å²) < 4.78 is 20.8. The van der Waals surface area contributed by atoms with Crippen LogP contribution in [0.15, 0.2) is 28.8 Å². The van der Waals surface area contributed by atoms with Crippen molar-refractivity contribution in [3.8, 4) is 22.6 Å². The molecule has 1 aromatic carbocycles. The van der Waals surface area contributed by atoms with Crippen LogP contribution in [0, 0.1) is 19.7 Å². The number of aryl methyl sites for hydroxylation is 2. The molecule has 0 aliphatic heterocycles. The van der Waals surface area contributed by atoms with Crippen molar-refractivity contribution in [3.63, 3.8) is 0 Å². The van der Waals surface area contributed by atoms with Crippen molar-refractivity contribution < 1.29 is 13.7 Å². The van der Waals surface area contributed by atoms with E-state index < -0.39 is 11.7 Å². The monoisotopic (exact) mass is 429 g/mol. The van der Waals surface area contributed by atoms with E-state index in [1.54, 1.807) is 10.7 Å². The van der Waals surface area contributed by atoms with Crippen LogP contribution in [0.1, 0.15) is 27.8 Å². The summed E-state index contributed by atoms with van der Waals surface area (Å²) in [7, 11) is 1.85. The highest BCUT2D eigenvalue weighted by atomic mass is 35.5. The van der Waals surface area contributed by atoms with E-state index >= 15 is 0 Å². The molecule has 4 aromatic rings. The fourth-order valence-electron chi connectivity index (χ4n) is 3.10. The van der Waals surface area contributed by atoms with E-state index in [0.717, 1.165) is 17.0 Å². The van der Waals surface area contributed by atoms with Crippen molar-refractivity contribution in [3.05, 3.63) is 58.1 Å². The lowest BCUT2D eigenvalue weighted by Gasteiger charge is -2.00. The molecule has 0 spiro atoms. The molecule has 3 aromatic heterocycles. The summed E-state index contributed by atoms with van der Waals surface area (Å²) in [5.74, 6) is -0.855. The molecule has 0 fully saturated rings. The summed E-state index contributed by atoms with van der Waals surface area (Å²) in [5, 5.41) is 17.8.